The van der Waals surface area contributed by atoms with Crippen LogP contribution in [0.3, 0.4) is 0 Å². The van der Waals surface area contributed by atoms with Gasteiger partial charge in [0.1, 0.15) is 0 Å². The van der Waals surface area contributed by atoms with Crippen molar-refractivity contribution in [3.8, 4) is 0 Å². The van der Waals surface area contributed by atoms with Crippen LogP contribution in [0.4, 0.5) is 0 Å². The van der Waals surface area contributed by atoms with Gasteiger partial charge >= 0.3 is 0 Å². The summed E-state index contributed by atoms with van der Waals surface area (Å²) in [4.78, 5) is 20.4. The Morgan fingerprint density at radius 1 is 1.14 bits per heavy atom. The van der Waals surface area contributed by atoms with Crippen LogP contribution >= 0.6 is 24.0 Å². The quantitative estimate of drug-likeness (QED) is 0.250. The second kappa shape index (κ2) is 13.5. The Morgan fingerprint density at radius 3 is 2.39 bits per heavy atom. The predicted octanol–water partition coefficient (Wildman–Crippen LogP) is 2.60. The Balaban J connectivity index is 0.00000392. The molecule has 0 radical (unpaired) electrons. The van der Waals surface area contributed by atoms with E-state index in [1.807, 2.05) is 0 Å². The first-order valence-corrected chi connectivity index (χ1v) is 9.72. The second-order valence-corrected chi connectivity index (χ2v) is 7.13. The number of piperidine rings is 1. The molecule has 1 heterocycles. The van der Waals surface area contributed by atoms with E-state index in [9.17, 15) is 4.79 Å². The van der Waals surface area contributed by atoms with Gasteiger partial charge in [-0.1, -0.05) is 36.8 Å². The number of nitrogens with one attached hydrogen (secondary N) is 2. The number of halogens is 1. The molecule has 2 N–H and O–H groups in total. The fraction of sp³-hybridized carbons (Fsp3) is 0.524. The van der Waals surface area contributed by atoms with E-state index in [0.29, 0.717) is 19.0 Å². The van der Waals surface area contributed by atoms with Crippen LogP contribution in [0.5, 0.6) is 0 Å². The number of likely N-dealkylation sites (tertiary alicyclic amines) is 1. The molecule has 0 aromatic heterocycles. The highest BCUT2D eigenvalue weighted by atomic mass is 127. The Labute approximate surface area is 186 Å². The van der Waals surface area contributed by atoms with Crippen molar-refractivity contribution in [3.05, 3.63) is 48.0 Å². The Morgan fingerprint density at radius 2 is 1.79 bits per heavy atom. The fourth-order valence-electron chi connectivity index (χ4n) is 2.96. The van der Waals surface area contributed by atoms with Crippen molar-refractivity contribution in [1.82, 2.24) is 20.4 Å². The first-order chi connectivity index (χ1) is 13.1. The molecule has 0 aliphatic carbocycles. The monoisotopic (exact) mass is 499 g/mol. The molecule has 1 aliphatic heterocycles. The molecule has 1 amide bonds. The van der Waals surface area contributed by atoms with Crippen LogP contribution in [-0.2, 0) is 17.9 Å². The predicted molar refractivity (Wildman–Crippen MR) is 127 cm³/mol. The molecular formula is C21H34IN5O. The van der Waals surface area contributed by atoms with Crippen LogP contribution in [0, 0.1) is 0 Å². The maximum Gasteiger partial charge on any atom is 0.241 e. The average molecular weight is 499 g/mol. The number of amides is 1. The third kappa shape index (κ3) is 9.05. The lowest BCUT2D eigenvalue weighted by Gasteiger charge is -2.26. The maximum absolute atomic E-state index is 11.8. The van der Waals surface area contributed by atoms with Crippen LogP contribution in [0.15, 0.2) is 41.9 Å². The summed E-state index contributed by atoms with van der Waals surface area (Å²) in [5.41, 5.74) is 2.50. The van der Waals surface area contributed by atoms with Gasteiger partial charge < -0.3 is 15.5 Å². The van der Waals surface area contributed by atoms with Crippen molar-refractivity contribution in [2.75, 3.05) is 40.3 Å². The van der Waals surface area contributed by atoms with Crippen LogP contribution < -0.4 is 10.6 Å². The molecule has 2 rings (SSSR count). The molecule has 1 fully saturated rings. The van der Waals surface area contributed by atoms with Gasteiger partial charge in [-0.05, 0) is 37.1 Å². The van der Waals surface area contributed by atoms with Gasteiger partial charge in [-0.25, -0.2) is 4.99 Å². The van der Waals surface area contributed by atoms with Crippen molar-refractivity contribution < 1.29 is 4.79 Å². The standard InChI is InChI=1S/C21H33N5O.HI/c1-4-12-22-21(24-16-20(27)25(2)3)23-15-18-8-10-19(11-9-18)17-26-13-6-5-7-14-26;/h4,8-11H,1,5-7,12-17H2,2-3H3,(H2,22,23,24);1H. The number of benzene rings is 1. The third-order valence-electron chi connectivity index (χ3n) is 4.62. The van der Waals surface area contributed by atoms with Crippen LogP contribution in [0.1, 0.15) is 30.4 Å². The summed E-state index contributed by atoms with van der Waals surface area (Å²) < 4.78 is 0. The van der Waals surface area contributed by atoms with Gasteiger partial charge in [0, 0.05) is 27.2 Å². The summed E-state index contributed by atoms with van der Waals surface area (Å²) in [7, 11) is 3.48. The molecule has 0 atom stereocenters. The molecule has 7 heteroatoms. The van der Waals surface area contributed by atoms with Crippen molar-refractivity contribution in [2.24, 2.45) is 4.99 Å². The topological polar surface area (TPSA) is 60.0 Å². The van der Waals surface area contributed by atoms with Gasteiger partial charge in [-0.15, -0.1) is 30.6 Å². The molecule has 1 aromatic rings. The highest BCUT2D eigenvalue weighted by Gasteiger charge is 2.10. The van der Waals surface area contributed by atoms with Crippen LogP contribution in [0.2, 0.25) is 0 Å². The highest BCUT2D eigenvalue weighted by Crippen LogP contribution is 2.14. The Bertz CT molecular complexity index is 624. The summed E-state index contributed by atoms with van der Waals surface area (Å²) in [6.07, 6.45) is 5.76. The van der Waals surface area contributed by atoms with E-state index < -0.39 is 0 Å². The van der Waals surface area contributed by atoms with E-state index in [1.54, 1.807) is 25.1 Å². The smallest absolute Gasteiger partial charge is 0.241 e. The Kier molecular flexibility index (Phi) is 11.8. The maximum atomic E-state index is 11.8. The lowest BCUT2D eigenvalue weighted by molar-refractivity contribution is -0.127. The average Bonchev–Trinajstić information content (AvgIpc) is 2.69. The third-order valence-corrected chi connectivity index (χ3v) is 4.62. The number of aliphatic imine (C=N–C) groups is 1. The van der Waals surface area contributed by atoms with E-state index in [0.717, 1.165) is 12.1 Å². The molecule has 156 valence electrons. The lowest BCUT2D eigenvalue weighted by Crippen LogP contribution is -2.43. The molecule has 0 bridgehead atoms. The molecule has 6 nitrogen and oxygen atoms in total. The van der Waals surface area contributed by atoms with Crippen LogP contribution in [0.25, 0.3) is 0 Å². The molecular weight excluding hydrogens is 465 g/mol. The van der Waals surface area contributed by atoms with Crippen molar-refractivity contribution in [3.63, 3.8) is 0 Å². The number of hydrogen-bond acceptors (Lipinski definition) is 3. The van der Waals surface area contributed by atoms with Crippen molar-refractivity contribution >= 4 is 35.8 Å². The summed E-state index contributed by atoms with van der Waals surface area (Å²) in [5.74, 6) is 0.618. The van der Waals surface area contributed by atoms with E-state index in [-0.39, 0.29) is 36.4 Å². The van der Waals surface area contributed by atoms with Gasteiger partial charge in [0.25, 0.3) is 0 Å². The number of carbonyl (C=O) groups is 1. The SMILES string of the molecule is C=CCNC(=NCc1ccc(CN2CCCCC2)cc1)NCC(=O)N(C)C.I. The van der Waals surface area contributed by atoms with Gasteiger partial charge in [0.2, 0.25) is 5.91 Å². The van der Waals surface area contributed by atoms with Gasteiger partial charge in [-0.2, -0.15) is 0 Å². The zero-order chi connectivity index (χ0) is 19.5. The van der Waals surface area contributed by atoms with E-state index >= 15 is 0 Å². The number of likely N-dealkylation sites (N-methyl/N-ethyl adjacent to an activating group) is 1. The molecule has 0 saturated carbocycles. The largest absolute Gasteiger partial charge is 0.353 e. The fourth-order valence-corrected chi connectivity index (χ4v) is 2.96. The summed E-state index contributed by atoms with van der Waals surface area (Å²) in [6, 6.07) is 8.66. The minimum atomic E-state index is 0. The number of rotatable bonds is 8. The van der Waals surface area contributed by atoms with Crippen molar-refractivity contribution in [2.45, 2.75) is 32.4 Å². The molecule has 0 unspecified atom stereocenters. The summed E-state index contributed by atoms with van der Waals surface area (Å²) >= 11 is 0. The summed E-state index contributed by atoms with van der Waals surface area (Å²) in [6.45, 7) is 8.53. The number of hydrogen-bond donors (Lipinski definition) is 2. The first kappa shape index (κ1) is 24.4. The molecule has 0 spiro atoms. The lowest BCUT2D eigenvalue weighted by atomic mass is 10.1. The van der Waals surface area contributed by atoms with Gasteiger partial charge in [-0.3, -0.25) is 9.69 Å². The van der Waals surface area contributed by atoms with Gasteiger partial charge in [0.05, 0.1) is 13.1 Å². The molecule has 28 heavy (non-hydrogen) atoms. The summed E-state index contributed by atoms with van der Waals surface area (Å²) in [5, 5.41) is 6.21. The number of guanidine groups is 1. The van der Waals surface area contributed by atoms with Gasteiger partial charge in [0.15, 0.2) is 5.96 Å². The molecule has 1 aliphatic rings. The van der Waals surface area contributed by atoms with E-state index in [4.69, 9.17) is 0 Å². The zero-order valence-electron chi connectivity index (χ0n) is 17.1. The van der Waals surface area contributed by atoms with E-state index in [2.05, 4.69) is 51.4 Å². The molecule has 1 saturated heterocycles. The first-order valence-electron chi connectivity index (χ1n) is 9.72. The number of carbonyl (C=O) groups excluding carboxylic acids is 1. The Hall–Kier alpha value is -1.61. The second-order valence-electron chi connectivity index (χ2n) is 7.13. The van der Waals surface area contributed by atoms with Crippen LogP contribution in [-0.4, -0.2) is 61.9 Å². The molecule has 1 aromatic carbocycles. The zero-order valence-corrected chi connectivity index (χ0v) is 19.4. The number of nitrogens with zero attached hydrogens (tertiary/aromatic N) is 3. The highest BCUT2D eigenvalue weighted by molar-refractivity contribution is 14.0. The normalized spacial score (nSPS) is 14.7. The van der Waals surface area contributed by atoms with E-state index in [1.165, 1.54) is 37.9 Å². The minimum absolute atomic E-state index is 0. The minimum Gasteiger partial charge on any atom is -0.353 e. The van der Waals surface area contributed by atoms with Crippen molar-refractivity contribution in [1.29, 1.82) is 0 Å².